The van der Waals surface area contributed by atoms with E-state index in [-0.39, 0.29) is 29.5 Å². The summed E-state index contributed by atoms with van der Waals surface area (Å²) in [6.07, 6.45) is 1.59. The van der Waals surface area contributed by atoms with E-state index in [1.54, 1.807) is 17.0 Å². The van der Waals surface area contributed by atoms with Crippen LogP contribution in [0.15, 0.2) is 64.9 Å². The van der Waals surface area contributed by atoms with Gasteiger partial charge in [0.1, 0.15) is 5.69 Å². The van der Waals surface area contributed by atoms with Crippen LogP contribution >= 0.6 is 11.3 Å². The summed E-state index contributed by atoms with van der Waals surface area (Å²) in [5, 5.41) is 4.62. The lowest BCUT2D eigenvalue weighted by molar-refractivity contribution is -0.122. The molecule has 1 saturated heterocycles. The van der Waals surface area contributed by atoms with Crippen LogP contribution in [0.25, 0.3) is 0 Å². The van der Waals surface area contributed by atoms with Crippen molar-refractivity contribution in [3.8, 4) is 0 Å². The topological polar surface area (TPSA) is 82.3 Å². The van der Waals surface area contributed by atoms with Crippen LogP contribution in [0.3, 0.4) is 0 Å². The number of aromatic amines is 1. The van der Waals surface area contributed by atoms with Gasteiger partial charge in [0.15, 0.2) is 0 Å². The Morgan fingerprint density at radius 3 is 2.61 bits per heavy atom. The molecule has 7 heteroatoms. The van der Waals surface area contributed by atoms with Crippen LogP contribution in [0.2, 0.25) is 0 Å². The Bertz CT molecular complexity index is 1060. The van der Waals surface area contributed by atoms with Crippen LogP contribution < -0.4 is 15.8 Å². The maximum absolute atomic E-state index is 13.0. The zero-order chi connectivity index (χ0) is 19.7. The van der Waals surface area contributed by atoms with Crippen LogP contribution in [-0.4, -0.2) is 16.8 Å². The van der Waals surface area contributed by atoms with Gasteiger partial charge in [-0.05, 0) is 42.6 Å². The first kappa shape index (κ1) is 18.2. The lowest BCUT2D eigenvalue weighted by atomic mass is 9.97. The fourth-order valence-corrected chi connectivity index (χ4v) is 4.39. The lowest BCUT2D eigenvalue weighted by Gasteiger charge is -2.27. The summed E-state index contributed by atoms with van der Waals surface area (Å²) in [4.78, 5) is 43.0. The summed E-state index contributed by atoms with van der Waals surface area (Å²) in [6.45, 7) is 1.99. The summed E-state index contributed by atoms with van der Waals surface area (Å²) in [7, 11) is 0. The second-order valence-corrected chi connectivity index (χ2v) is 7.75. The Hall–Kier alpha value is -3.19. The molecule has 0 spiro atoms. The van der Waals surface area contributed by atoms with E-state index in [0.717, 1.165) is 16.1 Å². The molecule has 2 N–H and O–H groups in total. The Balaban J connectivity index is 1.69. The predicted molar refractivity (Wildman–Crippen MR) is 110 cm³/mol. The van der Waals surface area contributed by atoms with Crippen LogP contribution in [0.1, 0.15) is 22.9 Å². The summed E-state index contributed by atoms with van der Waals surface area (Å²) >= 11 is 1.51. The average Bonchev–Trinajstić information content (AvgIpc) is 3.32. The van der Waals surface area contributed by atoms with Gasteiger partial charge in [-0.2, -0.15) is 0 Å². The monoisotopic (exact) mass is 393 g/mol. The minimum Gasteiger partial charge on any atom is -0.327 e. The van der Waals surface area contributed by atoms with Gasteiger partial charge in [0.2, 0.25) is 11.8 Å². The van der Waals surface area contributed by atoms with Gasteiger partial charge in [-0.15, -0.1) is 11.3 Å². The number of thiophene rings is 1. The number of anilines is 2. The van der Waals surface area contributed by atoms with Crippen LogP contribution in [0.5, 0.6) is 0 Å². The molecule has 2 aromatic heterocycles. The van der Waals surface area contributed by atoms with E-state index in [1.165, 1.54) is 17.5 Å². The fraction of sp³-hybridized carbons (Fsp3) is 0.190. The minimum atomic E-state index is -0.591. The highest BCUT2D eigenvalue weighted by molar-refractivity contribution is 7.10. The van der Waals surface area contributed by atoms with Gasteiger partial charge in [0.05, 0.1) is 12.0 Å². The predicted octanol–water partition coefficient (Wildman–Crippen LogP) is 3.48. The number of nitrogens with zero attached hydrogens (tertiary/aromatic N) is 1. The van der Waals surface area contributed by atoms with Gasteiger partial charge in [-0.25, -0.2) is 0 Å². The Kier molecular flexibility index (Phi) is 4.83. The first-order chi connectivity index (χ1) is 13.5. The molecule has 0 bridgehead atoms. The lowest BCUT2D eigenvalue weighted by Crippen LogP contribution is -2.32. The van der Waals surface area contributed by atoms with Gasteiger partial charge in [0, 0.05) is 23.2 Å². The van der Waals surface area contributed by atoms with E-state index in [1.807, 2.05) is 48.7 Å². The molecular weight excluding hydrogens is 374 g/mol. The second kappa shape index (κ2) is 7.44. The molecule has 0 radical (unpaired) electrons. The van der Waals surface area contributed by atoms with Crippen LogP contribution in [0, 0.1) is 12.8 Å². The molecule has 28 heavy (non-hydrogen) atoms. The molecule has 4 rings (SSSR count). The van der Waals surface area contributed by atoms with Crippen molar-refractivity contribution < 1.29 is 9.59 Å². The fourth-order valence-electron chi connectivity index (χ4n) is 3.51. The standard InChI is InChI=1S/C21H19N3O3S/c1-13-6-8-14(9-7-13)24-18(25)12-15(19(24)17-5-3-11-28-17)20(26)23-16-4-2-10-22-21(16)27/h2-11,15,19H,12H2,1H3,(H,22,27)(H,23,26)/t15-,19+/m1/s1. The molecule has 0 saturated carbocycles. The molecule has 142 valence electrons. The number of benzene rings is 1. The van der Waals surface area contributed by atoms with E-state index >= 15 is 0 Å². The number of H-pyrrole nitrogens is 1. The van der Waals surface area contributed by atoms with Crippen molar-refractivity contribution in [3.63, 3.8) is 0 Å². The third-order valence-corrected chi connectivity index (χ3v) is 5.83. The third-order valence-electron chi connectivity index (χ3n) is 4.88. The number of carbonyl (C=O) groups excluding carboxylic acids is 2. The molecule has 2 atom stereocenters. The van der Waals surface area contributed by atoms with Gasteiger partial charge in [-0.1, -0.05) is 23.8 Å². The van der Waals surface area contributed by atoms with Crippen molar-refractivity contribution in [2.24, 2.45) is 5.92 Å². The Labute approximate surface area is 165 Å². The number of amides is 2. The van der Waals surface area contributed by atoms with Gasteiger partial charge < -0.3 is 15.2 Å². The molecule has 6 nitrogen and oxygen atoms in total. The number of rotatable bonds is 4. The first-order valence-corrected chi connectivity index (χ1v) is 9.83. The van der Waals surface area contributed by atoms with E-state index in [0.29, 0.717) is 0 Å². The zero-order valence-corrected chi connectivity index (χ0v) is 16.0. The normalized spacial score (nSPS) is 19.0. The van der Waals surface area contributed by atoms with Gasteiger partial charge in [-0.3, -0.25) is 14.4 Å². The van der Waals surface area contributed by atoms with Gasteiger partial charge >= 0.3 is 0 Å². The van der Waals surface area contributed by atoms with Crippen molar-refractivity contribution in [3.05, 3.63) is 80.9 Å². The molecule has 0 aliphatic carbocycles. The molecule has 3 aromatic rings. The van der Waals surface area contributed by atoms with E-state index < -0.39 is 12.0 Å². The van der Waals surface area contributed by atoms with Crippen LogP contribution in [0.4, 0.5) is 11.4 Å². The number of carbonyl (C=O) groups is 2. The summed E-state index contributed by atoms with van der Waals surface area (Å²) in [6, 6.07) is 14.3. The average molecular weight is 393 g/mol. The maximum Gasteiger partial charge on any atom is 0.271 e. The molecule has 1 fully saturated rings. The molecule has 0 unspecified atom stereocenters. The first-order valence-electron chi connectivity index (χ1n) is 8.95. The van der Waals surface area contributed by atoms with Crippen molar-refractivity contribution in [1.82, 2.24) is 4.98 Å². The molecule has 1 aliphatic rings. The highest BCUT2D eigenvalue weighted by atomic mass is 32.1. The van der Waals surface area contributed by atoms with Crippen LogP contribution in [-0.2, 0) is 9.59 Å². The quantitative estimate of drug-likeness (QED) is 0.712. The summed E-state index contributed by atoms with van der Waals surface area (Å²) < 4.78 is 0. The SMILES string of the molecule is Cc1ccc(N2C(=O)C[C@@H](C(=O)Nc3ccc[nH]c3=O)[C@H]2c2cccs2)cc1. The smallest absolute Gasteiger partial charge is 0.271 e. The maximum atomic E-state index is 13.0. The molecular formula is C21H19N3O3S. The second-order valence-electron chi connectivity index (χ2n) is 6.77. The van der Waals surface area contributed by atoms with E-state index in [4.69, 9.17) is 0 Å². The molecule has 1 aromatic carbocycles. The van der Waals surface area contributed by atoms with Crippen molar-refractivity contribution in [1.29, 1.82) is 0 Å². The number of hydrogen-bond acceptors (Lipinski definition) is 4. The van der Waals surface area contributed by atoms with E-state index in [2.05, 4.69) is 10.3 Å². The van der Waals surface area contributed by atoms with Gasteiger partial charge in [0.25, 0.3) is 5.56 Å². The third kappa shape index (κ3) is 3.36. The molecule has 2 amide bonds. The van der Waals surface area contributed by atoms with Crippen molar-refractivity contribution in [2.75, 3.05) is 10.2 Å². The number of nitrogens with one attached hydrogen (secondary N) is 2. The largest absolute Gasteiger partial charge is 0.327 e. The Morgan fingerprint density at radius 2 is 1.93 bits per heavy atom. The van der Waals surface area contributed by atoms with Crippen molar-refractivity contribution >= 4 is 34.5 Å². The Morgan fingerprint density at radius 1 is 1.14 bits per heavy atom. The number of aryl methyl sites for hydroxylation is 1. The molecule has 3 heterocycles. The highest BCUT2D eigenvalue weighted by Gasteiger charge is 2.45. The number of pyridine rings is 1. The minimum absolute atomic E-state index is 0.0903. The van der Waals surface area contributed by atoms with E-state index in [9.17, 15) is 14.4 Å². The molecule has 1 aliphatic heterocycles. The number of hydrogen-bond donors (Lipinski definition) is 2. The highest BCUT2D eigenvalue weighted by Crippen LogP contribution is 2.43. The zero-order valence-electron chi connectivity index (χ0n) is 15.2. The number of aromatic nitrogens is 1. The summed E-state index contributed by atoms with van der Waals surface area (Å²) in [5.74, 6) is -1.03. The van der Waals surface area contributed by atoms with Crippen molar-refractivity contribution in [2.45, 2.75) is 19.4 Å². The summed E-state index contributed by atoms with van der Waals surface area (Å²) in [5.41, 5.74) is 1.67.